The molecule has 1 rings (SSSR count). The van der Waals surface area contributed by atoms with Crippen LogP contribution in [-0.2, 0) is 4.79 Å². The first kappa shape index (κ1) is 15.4. The molecular weight excluding hydrogens is 196 g/mol. The Labute approximate surface area is 101 Å². The summed E-state index contributed by atoms with van der Waals surface area (Å²) in [5.41, 5.74) is 2.45. The van der Waals surface area contributed by atoms with Gasteiger partial charge in [0.25, 0.3) is 0 Å². The zero-order chi connectivity index (χ0) is 12.8. The third-order valence-electron chi connectivity index (χ3n) is 3.15. The van der Waals surface area contributed by atoms with Crippen molar-refractivity contribution in [2.75, 3.05) is 0 Å². The zero-order valence-electron chi connectivity index (χ0n) is 11.9. The number of hydrogen-bond donors (Lipinski definition) is 0. The minimum atomic E-state index is 0.195. The standard InChI is InChI=1S/C10H16O.C5H12/c1-7-5-10(3,4)6-9(11)8(7)2;1-3-5-4-2/h5-6H2,1-4H3;3-5H2,1-2H3. The monoisotopic (exact) mass is 224 g/mol. The van der Waals surface area contributed by atoms with Crippen LogP contribution < -0.4 is 0 Å². The average Bonchev–Trinajstić information content (AvgIpc) is 2.15. The van der Waals surface area contributed by atoms with Crippen molar-refractivity contribution in [3.8, 4) is 0 Å². The summed E-state index contributed by atoms with van der Waals surface area (Å²) in [6.45, 7) is 12.7. The quantitative estimate of drug-likeness (QED) is 0.651. The molecule has 0 fully saturated rings. The van der Waals surface area contributed by atoms with Crippen LogP contribution in [0.4, 0.5) is 0 Å². The summed E-state index contributed by atoms with van der Waals surface area (Å²) in [5.74, 6) is 0.332. The summed E-state index contributed by atoms with van der Waals surface area (Å²) >= 11 is 0. The van der Waals surface area contributed by atoms with Crippen LogP contribution in [0, 0.1) is 5.41 Å². The maximum Gasteiger partial charge on any atom is 0.159 e. The van der Waals surface area contributed by atoms with Crippen molar-refractivity contribution >= 4 is 5.78 Å². The van der Waals surface area contributed by atoms with Gasteiger partial charge < -0.3 is 0 Å². The maximum atomic E-state index is 11.4. The smallest absolute Gasteiger partial charge is 0.159 e. The highest BCUT2D eigenvalue weighted by atomic mass is 16.1. The van der Waals surface area contributed by atoms with Gasteiger partial charge in [-0.2, -0.15) is 0 Å². The molecule has 0 saturated heterocycles. The molecule has 0 aromatic rings. The second-order valence-electron chi connectivity index (χ2n) is 5.70. The van der Waals surface area contributed by atoms with Gasteiger partial charge in [-0.05, 0) is 31.3 Å². The third-order valence-corrected chi connectivity index (χ3v) is 3.15. The molecule has 0 saturated carbocycles. The van der Waals surface area contributed by atoms with E-state index in [4.69, 9.17) is 0 Å². The van der Waals surface area contributed by atoms with Crippen molar-refractivity contribution in [3.63, 3.8) is 0 Å². The number of Topliss-reactive ketones (excluding diaryl/α,β-unsaturated/α-hetero) is 1. The van der Waals surface area contributed by atoms with E-state index in [9.17, 15) is 4.79 Å². The van der Waals surface area contributed by atoms with Gasteiger partial charge in [-0.1, -0.05) is 52.5 Å². The Balaban J connectivity index is 0.000000385. The van der Waals surface area contributed by atoms with Crippen molar-refractivity contribution in [1.29, 1.82) is 0 Å². The fraction of sp³-hybridized carbons (Fsp3) is 0.800. The Hall–Kier alpha value is -0.590. The highest BCUT2D eigenvalue weighted by Gasteiger charge is 2.28. The first-order chi connectivity index (χ1) is 7.34. The predicted molar refractivity (Wildman–Crippen MR) is 71.6 cm³/mol. The number of unbranched alkanes of at least 4 members (excludes halogenated alkanes) is 2. The van der Waals surface area contributed by atoms with Crippen LogP contribution in [0.5, 0.6) is 0 Å². The van der Waals surface area contributed by atoms with Crippen LogP contribution in [0.2, 0.25) is 0 Å². The Morgan fingerprint density at radius 3 is 1.88 bits per heavy atom. The van der Waals surface area contributed by atoms with E-state index in [2.05, 4.69) is 34.6 Å². The highest BCUT2D eigenvalue weighted by molar-refractivity contribution is 5.96. The minimum absolute atomic E-state index is 0.195. The molecule has 1 heteroatoms. The van der Waals surface area contributed by atoms with E-state index in [1.807, 2.05) is 6.92 Å². The normalized spacial score (nSPS) is 19.2. The molecule has 1 aliphatic carbocycles. The topological polar surface area (TPSA) is 17.1 Å². The summed E-state index contributed by atoms with van der Waals surface area (Å²) in [7, 11) is 0. The van der Waals surface area contributed by atoms with E-state index in [0.717, 1.165) is 18.4 Å². The second kappa shape index (κ2) is 6.88. The molecule has 94 valence electrons. The molecule has 0 radical (unpaired) electrons. The van der Waals surface area contributed by atoms with Gasteiger partial charge in [0.15, 0.2) is 5.78 Å². The van der Waals surface area contributed by atoms with Gasteiger partial charge in [0.2, 0.25) is 0 Å². The van der Waals surface area contributed by atoms with Gasteiger partial charge in [0.1, 0.15) is 0 Å². The number of rotatable bonds is 2. The van der Waals surface area contributed by atoms with Gasteiger partial charge in [-0.3, -0.25) is 4.79 Å². The third kappa shape index (κ3) is 5.48. The lowest BCUT2D eigenvalue weighted by molar-refractivity contribution is -0.118. The molecule has 1 aliphatic rings. The van der Waals surface area contributed by atoms with Gasteiger partial charge in [-0.15, -0.1) is 0 Å². The Morgan fingerprint density at radius 2 is 1.56 bits per heavy atom. The second-order valence-corrected chi connectivity index (χ2v) is 5.70. The van der Waals surface area contributed by atoms with Gasteiger partial charge in [-0.25, -0.2) is 0 Å². The summed E-state index contributed by atoms with van der Waals surface area (Å²) < 4.78 is 0. The molecule has 0 bridgehead atoms. The molecule has 0 unspecified atom stereocenters. The first-order valence-corrected chi connectivity index (χ1v) is 6.53. The van der Waals surface area contributed by atoms with Crippen LogP contribution in [0.15, 0.2) is 11.1 Å². The molecule has 1 nitrogen and oxygen atoms in total. The molecular formula is C15H28O. The number of carbonyl (C=O) groups is 1. The van der Waals surface area contributed by atoms with Crippen LogP contribution in [0.1, 0.15) is 73.6 Å². The summed E-state index contributed by atoms with van der Waals surface area (Å²) in [6.07, 6.45) is 5.87. The van der Waals surface area contributed by atoms with E-state index >= 15 is 0 Å². The highest BCUT2D eigenvalue weighted by Crippen LogP contribution is 2.36. The molecule has 0 atom stereocenters. The van der Waals surface area contributed by atoms with Crippen LogP contribution in [-0.4, -0.2) is 5.78 Å². The maximum absolute atomic E-state index is 11.4. The molecule has 0 aliphatic heterocycles. The first-order valence-electron chi connectivity index (χ1n) is 6.53. The fourth-order valence-electron chi connectivity index (χ4n) is 2.07. The number of hydrogen-bond acceptors (Lipinski definition) is 1. The van der Waals surface area contributed by atoms with Crippen LogP contribution >= 0.6 is 0 Å². The van der Waals surface area contributed by atoms with E-state index in [0.29, 0.717) is 5.78 Å². The summed E-state index contributed by atoms with van der Waals surface area (Å²) in [6, 6.07) is 0. The average molecular weight is 224 g/mol. The van der Waals surface area contributed by atoms with Gasteiger partial charge in [0, 0.05) is 6.42 Å². The number of ketones is 1. The minimum Gasteiger partial charge on any atom is -0.295 e. The number of allylic oxidation sites excluding steroid dienone is 2. The molecule has 0 amide bonds. The lowest BCUT2D eigenvalue weighted by atomic mass is 9.74. The number of carbonyl (C=O) groups excluding carboxylic acids is 1. The van der Waals surface area contributed by atoms with Crippen molar-refractivity contribution in [2.24, 2.45) is 5.41 Å². The predicted octanol–water partition coefficient (Wildman–Crippen LogP) is 4.91. The van der Waals surface area contributed by atoms with E-state index < -0.39 is 0 Å². The lowest BCUT2D eigenvalue weighted by Gasteiger charge is -2.29. The van der Waals surface area contributed by atoms with Crippen LogP contribution in [0.25, 0.3) is 0 Å². The van der Waals surface area contributed by atoms with Crippen LogP contribution in [0.3, 0.4) is 0 Å². The summed E-state index contributed by atoms with van der Waals surface area (Å²) in [5, 5.41) is 0. The van der Waals surface area contributed by atoms with Gasteiger partial charge >= 0.3 is 0 Å². The van der Waals surface area contributed by atoms with Gasteiger partial charge in [0.05, 0.1) is 0 Å². The van der Waals surface area contributed by atoms with Crippen molar-refractivity contribution in [2.45, 2.75) is 73.6 Å². The largest absolute Gasteiger partial charge is 0.295 e. The molecule has 0 aromatic carbocycles. The summed E-state index contributed by atoms with van der Waals surface area (Å²) in [4.78, 5) is 11.4. The Bertz CT molecular complexity index is 257. The molecule has 0 spiro atoms. The molecule has 0 heterocycles. The van der Waals surface area contributed by atoms with Crippen molar-refractivity contribution in [3.05, 3.63) is 11.1 Å². The van der Waals surface area contributed by atoms with Crippen molar-refractivity contribution in [1.82, 2.24) is 0 Å². The van der Waals surface area contributed by atoms with E-state index in [-0.39, 0.29) is 5.41 Å². The van der Waals surface area contributed by atoms with E-state index in [1.165, 1.54) is 24.8 Å². The molecule has 0 aromatic heterocycles. The Morgan fingerprint density at radius 1 is 1.06 bits per heavy atom. The lowest BCUT2D eigenvalue weighted by Crippen LogP contribution is -2.23. The van der Waals surface area contributed by atoms with Crippen molar-refractivity contribution < 1.29 is 4.79 Å². The molecule has 0 N–H and O–H groups in total. The SMILES string of the molecule is CC1=C(C)C(=O)CC(C)(C)C1.CCCCC. The van der Waals surface area contributed by atoms with E-state index in [1.54, 1.807) is 0 Å². The fourth-order valence-corrected chi connectivity index (χ4v) is 2.07. The Kier molecular flexibility index (Phi) is 6.62. The zero-order valence-corrected chi connectivity index (χ0v) is 11.9. The molecule has 16 heavy (non-hydrogen) atoms.